The van der Waals surface area contributed by atoms with Gasteiger partial charge in [-0.2, -0.15) is 0 Å². The quantitative estimate of drug-likeness (QED) is 0.590. The fraction of sp³-hybridized carbons (Fsp3) is 0.353. The van der Waals surface area contributed by atoms with E-state index < -0.39 is 6.10 Å². The van der Waals surface area contributed by atoms with Crippen LogP contribution in [0.25, 0.3) is 0 Å². The number of rotatable bonds is 7. The zero-order chi connectivity index (χ0) is 17.7. The lowest BCUT2D eigenvalue weighted by Gasteiger charge is -2.10. The number of benzene rings is 1. The first kappa shape index (κ1) is 18.2. The zero-order valence-electron chi connectivity index (χ0n) is 13.8. The summed E-state index contributed by atoms with van der Waals surface area (Å²) < 4.78 is 5.20. The molecule has 0 aliphatic rings. The Bertz CT molecular complexity index is 735. The van der Waals surface area contributed by atoms with Gasteiger partial charge in [0.05, 0.1) is 25.3 Å². The summed E-state index contributed by atoms with van der Waals surface area (Å²) in [5.74, 6) is 1.02. The number of nitrogens with one attached hydrogen (secondary N) is 1. The largest absolute Gasteiger partial charge is 0.497 e. The molecule has 1 unspecified atom stereocenters. The molecule has 7 heteroatoms. The number of aliphatic hydroxyl groups excluding tert-OH is 1. The summed E-state index contributed by atoms with van der Waals surface area (Å²) in [4.78, 5) is 20.6. The van der Waals surface area contributed by atoms with Gasteiger partial charge in [-0.3, -0.25) is 4.79 Å². The molecule has 0 bridgehead atoms. The Labute approximate surface area is 145 Å². The Balaban J connectivity index is 2.18. The molecule has 1 aromatic carbocycles. The number of anilines is 1. The summed E-state index contributed by atoms with van der Waals surface area (Å²) in [5, 5.41) is 12.3. The molecule has 0 fully saturated rings. The lowest BCUT2D eigenvalue weighted by molar-refractivity contribution is 0.0991. The van der Waals surface area contributed by atoms with Gasteiger partial charge in [0.15, 0.2) is 5.78 Å². The van der Waals surface area contributed by atoms with Gasteiger partial charge in [-0.1, -0.05) is 0 Å². The second kappa shape index (κ2) is 8.08. The molecule has 1 aromatic heterocycles. The molecule has 6 nitrogen and oxygen atoms in total. The van der Waals surface area contributed by atoms with Gasteiger partial charge in [0.25, 0.3) is 0 Å². The van der Waals surface area contributed by atoms with Crippen LogP contribution in [0.2, 0.25) is 5.28 Å². The van der Waals surface area contributed by atoms with E-state index in [1.165, 1.54) is 0 Å². The molecule has 24 heavy (non-hydrogen) atoms. The Hall–Kier alpha value is -2.18. The van der Waals surface area contributed by atoms with Gasteiger partial charge in [0.1, 0.15) is 11.6 Å². The first-order valence-electron chi connectivity index (χ1n) is 7.51. The van der Waals surface area contributed by atoms with Crippen molar-refractivity contribution in [1.82, 2.24) is 9.97 Å². The van der Waals surface area contributed by atoms with Crippen LogP contribution in [0, 0.1) is 6.92 Å². The van der Waals surface area contributed by atoms with Crippen molar-refractivity contribution < 1.29 is 14.6 Å². The predicted octanol–water partition coefficient (Wildman–Crippen LogP) is 2.67. The van der Waals surface area contributed by atoms with E-state index >= 15 is 0 Å². The Morgan fingerprint density at radius 3 is 2.75 bits per heavy atom. The number of ketones is 1. The van der Waals surface area contributed by atoms with Crippen molar-refractivity contribution in [3.8, 4) is 5.75 Å². The number of halogens is 1. The average Bonchev–Trinajstić information content (AvgIpc) is 2.51. The molecular weight excluding hydrogens is 330 g/mol. The number of nitrogens with zero attached hydrogens (tertiary/aromatic N) is 2. The minimum absolute atomic E-state index is 0.0511. The van der Waals surface area contributed by atoms with Crippen molar-refractivity contribution in [2.75, 3.05) is 19.0 Å². The number of ether oxygens (including phenoxy) is 1. The smallest absolute Gasteiger partial charge is 0.224 e. The summed E-state index contributed by atoms with van der Waals surface area (Å²) in [6.45, 7) is 3.89. The molecule has 2 rings (SSSR count). The fourth-order valence-corrected chi connectivity index (χ4v) is 2.39. The van der Waals surface area contributed by atoms with Gasteiger partial charge in [-0.05, 0) is 49.2 Å². The molecule has 1 heterocycles. The number of hydrogen-bond acceptors (Lipinski definition) is 6. The monoisotopic (exact) mass is 349 g/mol. The summed E-state index contributed by atoms with van der Waals surface area (Å²) in [6, 6.07) is 7.01. The van der Waals surface area contributed by atoms with Crippen LogP contribution in [-0.4, -0.2) is 40.6 Å². The summed E-state index contributed by atoms with van der Waals surface area (Å²) in [6.07, 6.45) is -0.429. The molecule has 2 aromatic rings. The van der Waals surface area contributed by atoms with E-state index in [1.807, 2.05) is 13.0 Å². The number of Topliss-reactive ketones (excluding diaryl/α,β-unsaturated/α-hetero) is 1. The molecule has 128 valence electrons. The highest BCUT2D eigenvalue weighted by atomic mass is 35.5. The molecule has 1 atom stereocenters. The SMILES string of the molecule is COc1cc(C)cc(C(=O)Cc2cc(NCC(C)O)nc(Cl)n2)c1. The molecule has 0 saturated carbocycles. The molecule has 0 amide bonds. The number of hydrogen-bond donors (Lipinski definition) is 2. The summed E-state index contributed by atoms with van der Waals surface area (Å²) >= 11 is 5.91. The summed E-state index contributed by atoms with van der Waals surface area (Å²) in [5.41, 5.74) is 2.01. The molecule has 0 aliphatic heterocycles. The topological polar surface area (TPSA) is 84.3 Å². The van der Waals surface area contributed by atoms with E-state index in [0.717, 1.165) is 5.56 Å². The molecule has 0 aliphatic carbocycles. The predicted molar refractivity (Wildman–Crippen MR) is 93.0 cm³/mol. The van der Waals surface area contributed by atoms with E-state index in [4.69, 9.17) is 16.3 Å². The summed E-state index contributed by atoms with van der Waals surface area (Å²) in [7, 11) is 1.56. The third-order valence-electron chi connectivity index (χ3n) is 3.28. The van der Waals surface area contributed by atoms with Crippen LogP contribution in [0.5, 0.6) is 5.75 Å². The minimum atomic E-state index is -0.524. The molecule has 0 saturated heterocycles. The second-order valence-electron chi connectivity index (χ2n) is 5.58. The average molecular weight is 350 g/mol. The number of carbonyl (C=O) groups is 1. The van der Waals surface area contributed by atoms with Crippen molar-refractivity contribution in [3.63, 3.8) is 0 Å². The van der Waals surface area contributed by atoms with Crippen LogP contribution < -0.4 is 10.1 Å². The number of carbonyl (C=O) groups excluding carboxylic acids is 1. The highest BCUT2D eigenvalue weighted by Crippen LogP contribution is 2.19. The maximum Gasteiger partial charge on any atom is 0.224 e. The lowest BCUT2D eigenvalue weighted by atomic mass is 10.0. The van der Waals surface area contributed by atoms with Gasteiger partial charge >= 0.3 is 0 Å². The standard InChI is InChI=1S/C17H20ClN3O3/c1-10-4-12(6-14(5-10)24-3)15(23)7-13-8-16(19-9-11(2)22)21-17(18)20-13/h4-6,8,11,22H,7,9H2,1-3H3,(H,19,20,21). The zero-order valence-corrected chi connectivity index (χ0v) is 14.6. The number of aromatic nitrogens is 2. The fourth-order valence-electron chi connectivity index (χ4n) is 2.19. The molecule has 2 N–H and O–H groups in total. The first-order valence-corrected chi connectivity index (χ1v) is 7.89. The van der Waals surface area contributed by atoms with Crippen LogP contribution in [0.3, 0.4) is 0 Å². The van der Waals surface area contributed by atoms with Crippen molar-refractivity contribution in [3.05, 3.63) is 46.4 Å². The van der Waals surface area contributed by atoms with E-state index in [0.29, 0.717) is 29.4 Å². The molecule has 0 radical (unpaired) electrons. The normalized spacial score (nSPS) is 11.9. The van der Waals surface area contributed by atoms with Crippen molar-refractivity contribution in [1.29, 1.82) is 0 Å². The van der Waals surface area contributed by atoms with E-state index in [1.54, 1.807) is 32.2 Å². The first-order chi connectivity index (χ1) is 11.4. The molecular formula is C17H20ClN3O3. The van der Waals surface area contributed by atoms with Gasteiger partial charge in [-0.15, -0.1) is 0 Å². The highest BCUT2D eigenvalue weighted by Gasteiger charge is 2.12. The van der Waals surface area contributed by atoms with Crippen molar-refractivity contribution >= 4 is 23.2 Å². The van der Waals surface area contributed by atoms with Crippen LogP contribution in [-0.2, 0) is 6.42 Å². The van der Waals surface area contributed by atoms with E-state index in [2.05, 4.69) is 15.3 Å². The van der Waals surface area contributed by atoms with Crippen LogP contribution in [0.15, 0.2) is 24.3 Å². The van der Waals surface area contributed by atoms with Crippen molar-refractivity contribution in [2.24, 2.45) is 0 Å². The van der Waals surface area contributed by atoms with Gasteiger partial charge < -0.3 is 15.2 Å². The maximum absolute atomic E-state index is 12.5. The van der Waals surface area contributed by atoms with Crippen molar-refractivity contribution in [2.45, 2.75) is 26.4 Å². The van der Waals surface area contributed by atoms with E-state index in [9.17, 15) is 9.90 Å². The Morgan fingerprint density at radius 1 is 1.33 bits per heavy atom. The maximum atomic E-state index is 12.5. The van der Waals surface area contributed by atoms with Crippen LogP contribution >= 0.6 is 11.6 Å². The van der Waals surface area contributed by atoms with Crippen LogP contribution in [0.4, 0.5) is 5.82 Å². The van der Waals surface area contributed by atoms with Gasteiger partial charge in [0.2, 0.25) is 5.28 Å². The highest BCUT2D eigenvalue weighted by molar-refractivity contribution is 6.28. The molecule has 0 spiro atoms. The van der Waals surface area contributed by atoms with E-state index in [-0.39, 0.29) is 17.5 Å². The third kappa shape index (κ3) is 5.18. The number of methoxy groups -OCH3 is 1. The second-order valence-corrected chi connectivity index (χ2v) is 5.92. The third-order valence-corrected chi connectivity index (χ3v) is 3.45. The Kier molecular flexibility index (Phi) is 6.11. The van der Waals surface area contributed by atoms with Crippen LogP contribution in [0.1, 0.15) is 28.5 Å². The minimum Gasteiger partial charge on any atom is -0.497 e. The number of aryl methyl sites for hydroxylation is 1. The number of aliphatic hydroxyl groups is 1. The lowest BCUT2D eigenvalue weighted by Crippen LogP contribution is -2.16. The Morgan fingerprint density at radius 2 is 2.08 bits per heavy atom. The van der Waals surface area contributed by atoms with Gasteiger partial charge in [-0.25, -0.2) is 9.97 Å². The van der Waals surface area contributed by atoms with Gasteiger partial charge in [0, 0.05) is 18.2 Å².